The summed E-state index contributed by atoms with van der Waals surface area (Å²) in [6, 6.07) is 0. The molecule has 1 saturated heterocycles. The normalized spacial score (nSPS) is 39.3. The SMILES string of the molecule is CC(=O)NCC1C2CN(C)CC12.[HH]. The van der Waals surface area contributed by atoms with Crippen LogP contribution >= 0.6 is 0 Å². The third kappa shape index (κ3) is 1.33. The van der Waals surface area contributed by atoms with Gasteiger partial charge in [0.25, 0.3) is 0 Å². The molecule has 3 heteroatoms. The minimum atomic E-state index is 0. The zero-order chi connectivity index (χ0) is 8.72. The number of rotatable bonds is 2. The molecule has 1 aliphatic carbocycles. The average Bonchev–Trinajstić information content (AvgIpc) is 2.42. The van der Waals surface area contributed by atoms with Crippen LogP contribution < -0.4 is 5.32 Å². The smallest absolute Gasteiger partial charge is 0.216 e. The number of carbonyl (C=O) groups is 1. The van der Waals surface area contributed by atoms with Gasteiger partial charge < -0.3 is 10.2 Å². The summed E-state index contributed by atoms with van der Waals surface area (Å²) in [6.45, 7) is 4.95. The van der Waals surface area contributed by atoms with Crippen molar-refractivity contribution < 1.29 is 6.22 Å². The first-order valence-electron chi connectivity index (χ1n) is 4.61. The van der Waals surface area contributed by atoms with Crippen LogP contribution in [0.2, 0.25) is 0 Å². The van der Waals surface area contributed by atoms with Crippen LogP contribution in [0.15, 0.2) is 0 Å². The lowest BCUT2D eigenvalue weighted by Crippen LogP contribution is -2.27. The minimum Gasteiger partial charge on any atom is -0.356 e. The van der Waals surface area contributed by atoms with Crippen molar-refractivity contribution in [1.29, 1.82) is 0 Å². The van der Waals surface area contributed by atoms with Crippen LogP contribution in [0.5, 0.6) is 0 Å². The summed E-state index contributed by atoms with van der Waals surface area (Å²) in [4.78, 5) is 13.0. The van der Waals surface area contributed by atoms with E-state index in [-0.39, 0.29) is 7.33 Å². The lowest BCUT2D eigenvalue weighted by Gasteiger charge is -2.12. The number of piperidine rings is 1. The molecule has 2 aliphatic rings. The Bertz CT molecular complexity index is 198. The first kappa shape index (κ1) is 8.05. The molecular formula is C9H18N2O. The van der Waals surface area contributed by atoms with E-state index in [2.05, 4.69) is 17.3 Å². The molecule has 12 heavy (non-hydrogen) atoms. The first-order valence-corrected chi connectivity index (χ1v) is 4.61. The number of hydrogen-bond acceptors (Lipinski definition) is 2. The van der Waals surface area contributed by atoms with Crippen molar-refractivity contribution in [2.45, 2.75) is 6.92 Å². The molecule has 0 radical (unpaired) electrons. The molecule has 70 valence electrons. The summed E-state index contributed by atoms with van der Waals surface area (Å²) in [5.74, 6) is 2.64. The maximum absolute atomic E-state index is 10.6. The molecule has 2 unspecified atom stereocenters. The van der Waals surface area contributed by atoms with Crippen molar-refractivity contribution in [3.63, 3.8) is 0 Å². The van der Waals surface area contributed by atoms with Crippen molar-refractivity contribution in [2.75, 3.05) is 26.7 Å². The Morgan fingerprint density at radius 3 is 2.67 bits per heavy atom. The van der Waals surface area contributed by atoms with Gasteiger partial charge in [0.15, 0.2) is 0 Å². The van der Waals surface area contributed by atoms with E-state index in [1.165, 1.54) is 13.1 Å². The second-order valence-corrected chi connectivity index (χ2v) is 4.15. The van der Waals surface area contributed by atoms with Gasteiger partial charge in [0.05, 0.1) is 0 Å². The van der Waals surface area contributed by atoms with Crippen molar-refractivity contribution >= 4 is 5.91 Å². The molecule has 1 aliphatic heterocycles. The number of hydrogen-bond donors (Lipinski definition) is 1. The molecule has 0 bridgehead atoms. The van der Waals surface area contributed by atoms with Crippen LogP contribution in [-0.4, -0.2) is 37.5 Å². The van der Waals surface area contributed by atoms with E-state index in [1.54, 1.807) is 6.92 Å². The number of amides is 1. The quantitative estimate of drug-likeness (QED) is 0.641. The molecule has 1 N–H and O–H groups in total. The predicted molar refractivity (Wildman–Crippen MR) is 48.8 cm³/mol. The average molecular weight is 170 g/mol. The van der Waals surface area contributed by atoms with Crippen LogP contribution in [0.4, 0.5) is 0 Å². The van der Waals surface area contributed by atoms with Gasteiger partial charge in [-0.3, -0.25) is 4.79 Å². The molecule has 0 aromatic carbocycles. The van der Waals surface area contributed by atoms with E-state index in [1.807, 2.05) is 0 Å². The highest BCUT2D eigenvalue weighted by atomic mass is 16.1. The summed E-state index contributed by atoms with van der Waals surface area (Å²) in [7, 11) is 2.17. The number of likely N-dealkylation sites (tertiary alicyclic amines) is 1. The standard InChI is InChI=1S/C9H16N2O.H2/c1-6(12)10-3-7-8-4-11(2)5-9(7)8;/h7-9H,3-5H2,1-2H3,(H,10,12);1H. The third-order valence-electron chi connectivity index (χ3n) is 3.14. The fourth-order valence-corrected chi connectivity index (χ4v) is 2.42. The molecule has 1 heterocycles. The van der Waals surface area contributed by atoms with Crippen molar-refractivity contribution in [1.82, 2.24) is 10.2 Å². The molecule has 0 aromatic heterocycles. The zero-order valence-electron chi connectivity index (χ0n) is 7.71. The number of carbonyl (C=O) groups excluding carboxylic acids is 1. The maximum Gasteiger partial charge on any atom is 0.216 e. The summed E-state index contributed by atoms with van der Waals surface area (Å²) in [5.41, 5.74) is 0. The van der Waals surface area contributed by atoms with Crippen LogP contribution in [-0.2, 0) is 4.79 Å². The Kier molecular flexibility index (Phi) is 1.83. The fraction of sp³-hybridized carbons (Fsp3) is 0.889. The zero-order valence-corrected chi connectivity index (χ0v) is 7.71. The van der Waals surface area contributed by atoms with E-state index in [0.29, 0.717) is 0 Å². The largest absolute Gasteiger partial charge is 0.356 e. The van der Waals surface area contributed by atoms with E-state index < -0.39 is 0 Å². The molecule has 2 fully saturated rings. The first-order chi connectivity index (χ1) is 5.68. The lowest BCUT2D eigenvalue weighted by atomic mass is 10.2. The van der Waals surface area contributed by atoms with Crippen molar-refractivity contribution in [3.05, 3.63) is 0 Å². The second kappa shape index (κ2) is 2.73. The summed E-state index contributed by atoms with van der Waals surface area (Å²) in [5, 5.41) is 2.89. The number of nitrogens with zero attached hydrogens (tertiary/aromatic N) is 1. The third-order valence-corrected chi connectivity index (χ3v) is 3.14. The van der Waals surface area contributed by atoms with E-state index in [4.69, 9.17) is 0 Å². The Hall–Kier alpha value is -0.570. The highest BCUT2D eigenvalue weighted by molar-refractivity contribution is 5.72. The van der Waals surface area contributed by atoms with Gasteiger partial charge in [-0.25, -0.2) is 0 Å². The van der Waals surface area contributed by atoms with Gasteiger partial charge in [-0.1, -0.05) is 0 Å². The molecule has 1 amide bonds. The number of fused-ring (bicyclic) bond motifs is 1. The Morgan fingerprint density at radius 1 is 1.58 bits per heavy atom. The highest BCUT2D eigenvalue weighted by Gasteiger charge is 2.54. The maximum atomic E-state index is 10.6. The van der Waals surface area contributed by atoms with Gasteiger partial charge >= 0.3 is 0 Å². The highest BCUT2D eigenvalue weighted by Crippen LogP contribution is 2.50. The molecule has 2 rings (SSSR count). The molecule has 2 atom stereocenters. The Labute approximate surface area is 74.6 Å². The van der Waals surface area contributed by atoms with E-state index in [0.717, 1.165) is 24.3 Å². The molecule has 0 aromatic rings. The van der Waals surface area contributed by atoms with Gasteiger partial charge in [0.2, 0.25) is 5.91 Å². The molecule has 0 spiro atoms. The summed E-state index contributed by atoms with van der Waals surface area (Å²) < 4.78 is 0. The van der Waals surface area contributed by atoms with Crippen LogP contribution in [0, 0.1) is 17.8 Å². The monoisotopic (exact) mass is 170 g/mol. The predicted octanol–water partition coefficient (Wildman–Crippen LogP) is 0.176. The van der Waals surface area contributed by atoms with Crippen LogP contribution in [0.25, 0.3) is 0 Å². The van der Waals surface area contributed by atoms with Crippen molar-refractivity contribution in [2.24, 2.45) is 17.8 Å². The van der Waals surface area contributed by atoms with E-state index >= 15 is 0 Å². The van der Waals surface area contributed by atoms with Crippen molar-refractivity contribution in [3.8, 4) is 0 Å². The van der Waals surface area contributed by atoms with Gasteiger partial charge in [-0.2, -0.15) is 0 Å². The van der Waals surface area contributed by atoms with Crippen LogP contribution in [0.3, 0.4) is 0 Å². The fourth-order valence-electron chi connectivity index (χ4n) is 2.42. The van der Waals surface area contributed by atoms with Crippen LogP contribution in [0.1, 0.15) is 8.35 Å². The lowest BCUT2D eigenvalue weighted by molar-refractivity contribution is -0.119. The minimum absolute atomic E-state index is 0. The molecular weight excluding hydrogens is 152 g/mol. The van der Waals surface area contributed by atoms with Gasteiger partial charge in [0.1, 0.15) is 0 Å². The Balaban J connectivity index is 0.000000845. The van der Waals surface area contributed by atoms with E-state index in [9.17, 15) is 4.79 Å². The molecule has 1 saturated carbocycles. The molecule has 3 nitrogen and oxygen atoms in total. The number of nitrogens with one attached hydrogen (secondary N) is 1. The Morgan fingerprint density at radius 2 is 2.17 bits per heavy atom. The second-order valence-electron chi connectivity index (χ2n) is 4.15. The van der Waals surface area contributed by atoms with Gasteiger partial charge in [-0.15, -0.1) is 0 Å². The van der Waals surface area contributed by atoms with Gasteiger partial charge in [0, 0.05) is 28.0 Å². The summed E-state index contributed by atoms with van der Waals surface area (Å²) >= 11 is 0. The topological polar surface area (TPSA) is 32.3 Å². The summed E-state index contributed by atoms with van der Waals surface area (Å²) in [6.07, 6.45) is 0. The van der Waals surface area contributed by atoms with Gasteiger partial charge in [-0.05, 0) is 24.8 Å².